The van der Waals surface area contributed by atoms with E-state index in [-0.39, 0.29) is 5.91 Å². The molecule has 4 N–H and O–H groups in total. The van der Waals surface area contributed by atoms with Gasteiger partial charge in [-0.2, -0.15) is 0 Å². The largest absolute Gasteiger partial charge is 0.481 e. The van der Waals surface area contributed by atoms with Gasteiger partial charge in [-0.25, -0.2) is 0 Å². The number of rotatable bonds is 4. The number of nitrogens with one attached hydrogen (secondary N) is 1. The summed E-state index contributed by atoms with van der Waals surface area (Å²) in [7, 11) is 0. The number of benzene rings is 1. The Morgan fingerprint density at radius 1 is 1.25 bits per heavy atom. The van der Waals surface area contributed by atoms with Crippen molar-refractivity contribution in [2.75, 3.05) is 5.32 Å². The standard InChI is InChI=1S/C15H20N2O3/c1-14(2,13(19)20)10-4-6-11(7-5-10)17-12(18)15(16)8-3-9-15/h4-7H,3,8-9,16H2,1-2H3,(H,17,18)(H,19,20). The van der Waals surface area contributed by atoms with Crippen LogP contribution in [0.3, 0.4) is 0 Å². The molecule has 5 heteroatoms. The van der Waals surface area contributed by atoms with Crippen LogP contribution >= 0.6 is 0 Å². The summed E-state index contributed by atoms with van der Waals surface area (Å²) < 4.78 is 0. The van der Waals surface area contributed by atoms with Crippen LogP contribution in [0.2, 0.25) is 0 Å². The van der Waals surface area contributed by atoms with Gasteiger partial charge in [-0.1, -0.05) is 12.1 Å². The molecule has 20 heavy (non-hydrogen) atoms. The van der Waals surface area contributed by atoms with Crippen LogP contribution in [0.25, 0.3) is 0 Å². The Hall–Kier alpha value is -1.88. The first-order valence-corrected chi connectivity index (χ1v) is 6.70. The van der Waals surface area contributed by atoms with E-state index in [9.17, 15) is 9.59 Å². The van der Waals surface area contributed by atoms with E-state index >= 15 is 0 Å². The molecule has 108 valence electrons. The minimum atomic E-state index is -0.953. The molecule has 1 saturated carbocycles. The van der Waals surface area contributed by atoms with Crippen LogP contribution in [0, 0.1) is 0 Å². The molecule has 1 aromatic carbocycles. The number of aliphatic carboxylic acids is 1. The lowest BCUT2D eigenvalue weighted by Gasteiger charge is -2.36. The van der Waals surface area contributed by atoms with Crippen molar-refractivity contribution >= 4 is 17.6 Å². The highest BCUT2D eigenvalue weighted by atomic mass is 16.4. The van der Waals surface area contributed by atoms with Gasteiger partial charge in [0.25, 0.3) is 0 Å². The van der Waals surface area contributed by atoms with Gasteiger partial charge in [0.1, 0.15) is 0 Å². The van der Waals surface area contributed by atoms with Gasteiger partial charge < -0.3 is 16.2 Å². The topological polar surface area (TPSA) is 92.4 Å². The smallest absolute Gasteiger partial charge is 0.313 e. The average Bonchev–Trinajstić information content (AvgIpc) is 2.36. The molecule has 1 aromatic rings. The summed E-state index contributed by atoms with van der Waals surface area (Å²) in [6.45, 7) is 3.29. The minimum Gasteiger partial charge on any atom is -0.481 e. The molecule has 0 heterocycles. The predicted molar refractivity (Wildman–Crippen MR) is 76.5 cm³/mol. The first-order valence-electron chi connectivity index (χ1n) is 6.70. The van der Waals surface area contributed by atoms with Crippen molar-refractivity contribution in [2.24, 2.45) is 5.73 Å². The second-order valence-electron chi connectivity index (χ2n) is 5.97. The molecule has 5 nitrogen and oxygen atoms in total. The number of hydrogen-bond acceptors (Lipinski definition) is 3. The first kappa shape index (κ1) is 14.5. The second kappa shape index (κ2) is 4.90. The van der Waals surface area contributed by atoms with E-state index in [4.69, 9.17) is 10.8 Å². The normalized spacial score (nSPS) is 17.1. The summed E-state index contributed by atoms with van der Waals surface area (Å²) in [6.07, 6.45) is 2.40. The molecule has 0 spiro atoms. The zero-order valence-electron chi connectivity index (χ0n) is 11.8. The molecular weight excluding hydrogens is 256 g/mol. The van der Waals surface area contributed by atoms with Crippen LogP contribution in [-0.4, -0.2) is 22.5 Å². The summed E-state index contributed by atoms with van der Waals surface area (Å²) in [4.78, 5) is 23.2. The molecule has 0 radical (unpaired) electrons. The van der Waals surface area contributed by atoms with Crippen molar-refractivity contribution in [3.05, 3.63) is 29.8 Å². The van der Waals surface area contributed by atoms with Crippen LogP contribution < -0.4 is 11.1 Å². The Morgan fingerprint density at radius 3 is 2.20 bits per heavy atom. The number of carboxylic acids is 1. The highest BCUT2D eigenvalue weighted by Gasteiger charge is 2.40. The predicted octanol–water partition coefficient (Wildman–Crippen LogP) is 1.87. The van der Waals surface area contributed by atoms with Gasteiger partial charge in [-0.05, 0) is 50.8 Å². The van der Waals surface area contributed by atoms with Crippen molar-refractivity contribution < 1.29 is 14.7 Å². The molecular formula is C15H20N2O3. The lowest BCUT2D eigenvalue weighted by molar-refractivity contribution is -0.142. The number of carbonyl (C=O) groups is 2. The van der Waals surface area contributed by atoms with Crippen molar-refractivity contribution in [3.63, 3.8) is 0 Å². The van der Waals surface area contributed by atoms with Gasteiger partial charge >= 0.3 is 5.97 Å². The Kier molecular flexibility index (Phi) is 3.56. The number of hydrogen-bond donors (Lipinski definition) is 3. The number of anilines is 1. The molecule has 1 aliphatic rings. The van der Waals surface area contributed by atoms with Gasteiger partial charge in [0.2, 0.25) is 5.91 Å². The molecule has 0 bridgehead atoms. The van der Waals surface area contributed by atoms with Gasteiger partial charge in [-0.3, -0.25) is 9.59 Å². The Morgan fingerprint density at radius 2 is 1.80 bits per heavy atom. The van der Waals surface area contributed by atoms with Gasteiger partial charge in [0, 0.05) is 5.69 Å². The van der Waals surface area contributed by atoms with Crippen molar-refractivity contribution in [1.29, 1.82) is 0 Å². The number of nitrogens with two attached hydrogens (primary N) is 1. The Bertz CT molecular complexity index is 531. The quantitative estimate of drug-likeness (QED) is 0.782. The molecule has 2 rings (SSSR count). The zero-order chi connectivity index (χ0) is 15.0. The second-order valence-corrected chi connectivity index (χ2v) is 5.97. The minimum absolute atomic E-state index is 0.172. The lowest BCUT2D eigenvalue weighted by Crippen LogP contribution is -2.56. The van der Waals surface area contributed by atoms with Crippen LogP contribution in [0.1, 0.15) is 38.7 Å². The summed E-state index contributed by atoms with van der Waals surface area (Å²) in [5.74, 6) is -1.06. The first-order chi connectivity index (χ1) is 9.25. The van der Waals surface area contributed by atoms with E-state index < -0.39 is 16.9 Å². The van der Waals surface area contributed by atoms with E-state index in [0.717, 1.165) is 6.42 Å². The molecule has 0 aliphatic heterocycles. The molecule has 0 saturated heterocycles. The monoisotopic (exact) mass is 276 g/mol. The summed E-state index contributed by atoms with van der Waals surface area (Å²) in [5.41, 5.74) is 5.58. The third-order valence-corrected chi connectivity index (χ3v) is 4.10. The fourth-order valence-corrected chi connectivity index (χ4v) is 2.13. The molecule has 1 aliphatic carbocycles. The van der Waals surface area contributed by atoms with E-state index in [1.54, 1.807) is 38.1 Å². The van der Waals surface area contributed by atoms with Gasteiger partial charge in [-0.15, -0.1) is 0 Å². The van der Waals surface area contributed by atoms with E-state index in [1.165, 1.54) is 0 Å². The Balaban J connectivity index is 2.09. The third kappa shape index (κ3) is 2.54. The van der Waals surface area contributed by atoms with Crippen LogP contribution in [0.15, 0.2) is 24.3 Å². The Labute approximate surface area is 118 Å². The molecule has 1 amide bonds. The summed E-state index contributed by atoms with van der Waals surface area (Å²) in [6, 6.07) is 6.85. The lowest BCUT2D eigenvalue weighted by atomic mass is 9.77. The van der Waals surface area contributed by atoms with E-state index in [0.29, 0.717) is 24.1 Å². The fourth-order valence-electron chi connectivity index (χ4n) is 2.13. The molecule has 1 fully saturated rings. The number of carboxylic acid groups (broad SMARTS) is 1. The van der Waals surface area contributed by atoms with Gasteiger partial charge in [0.05, 0.1) is 11.0 Å². The fraction of sp³-hybridized carbons (Fsp3) is 0.467. The van der Waals surface area contributed by atoms with Crippen LogP contribution in [0.5, 0.6) is 0 Å². The molecule has 0 atom stereocenters. The maximum absolute atomic E-state index is 12.0. The van der Waals surface area contributed by atoms with Crippen molar-refractivity contribution in [2.45, 2.75) is 44.1 Å². The SMILES string of the molecule is CC(C)(C(=O)O)c1ccc(NC(=O)C2(N)CCC2)cc1. The maximum atomic E-state index is 12.0. The highest BCUT2D eigenvalue weighted by Crippen LogP contribution is 2.30. The summed E-state index contributed by atoms with van der Waals surface area (Å²) in [5, 5.41) is 12.0. The van der Waals surface area contributed by atoms with Crippen LogP contribution in [-0.2, 0) is 15.0 Å². The van der Waals surface area contributed by atoms with E-state index in [2.05, 4.69) is 5.32 Å². The number of amides is 1. The molecule has 0 unspecified atom stereocenters. The van der Waals surface area contributed by atoms with Crippen molar-refractivity contribution in [1.82, 2.24) is 0 Å². The van der Waals surface area contributed by atoms with Crippen LogP contribution in [0.4, 0.5) is 5.69 Å². The average molecular weight is 276 g/mol. The summed E-state index contributed by atoms with van der Waals surface area (Å²) >= 11 is 0. The van der Waals surface area contributed by atoms with Crippen molar-refractivity contribution in [3.8, 4) is 0 Å². The van der Waals surface area contributed by atoms with Gasteiger partial charge in [0.15, 0.2) is 0 Å². The third-order valence-electron chi connectivity index (χ3n) is 4.10. The number of carbonyl (C=O) groups excluding carboxylic acids is 1. The van der Waals surface area contributed by atoms with E-state index in [1.807, 2.05) is 0 Å². The zero-order valence-corrected chi connectivity index (χ0v) is 11.8. The molecule has 0 aromatic heterocycles. The maximum Gasteiger partial charge on any atom is 0.313 e. The highest BCUT2D eigenvalue weighted by molar-refractivity contribution is 5.98.